The first kappa shape index (κ1) is 16.0. The molecular weight excluding hydrogens is 419 g/mol. The number of alkyl halides is 2. The van der Waals surface area contributed by atoms with Gasteiger partial charge in [-0.15, -0.1) is 0 Å². The van der Waals surface area contributed by atoms with Crippen molar-refractivity contribution in [2.24, 2.45) is 7.05 Å². The minimum Gasteiger partial charge on any atom is -0.433 e. The average Bonchev–Trinajstić information content (AvgIpc) is 2.72. The summed E-state index contributed by atoms with van der Waals surface area (Å²) in [6.45, 7) is -2.96. The summed E-state index contributed by atoms with van der Waals surface area (Å²) in [6, 6.07) is 4.02. The zero-order chi connectivity index (χ0) is 15.6. The Morgan fingerprint density at radius 2 is 2.24 bits per heavy atom. The smallest absolute Gasteiger partial charge is 0.387 e. The molecule has 0 saturated carbocycles. The normalized spacial score (nSPS) is 10.8. The molecule has 2 aromatic rings. The Morgan fingerprint density at radius 1 is 1.52 bits per heavy atom. The Morgan fingerprint density at radius 3 is 2.76 bits per heavy atom. The van der Waals surface area contributed by atoms with Gasteiger partial charge in [0.05, 0.1) is 14.8 Å². The number of aryl methyl sites for hydroxylation is 1. The van der Waals surface area contributed by atoms with Crippen molar-refractivity contribution in [2.45, 2.75) is 6.61 Å². The zero-order valence-corrected chi connectivity index (χ0v) is 13.5. The first-order valence-electron chi connectivity index (χ1n) is 5.61. The van der Waals surface area contributed by atoms with Gasteiger partial charge in [-0.2, -0.15) is 13.9 Å². The molecule has 9 heteroatoms. The molecule has 1 amide bonds. The van der Waals surface area contributed by atoms with Crippen molar-refractivity contribution >= 4 is 45.8 Å². The third-order valence-corrected chi connectivity index (χ3v) is 3.60. The number of amides is 1. The zero-order valence-electron chi connectivity index (χ0n) is 10.6. The number of aromatic nitrogens is 2. The summed E-state index contributed by atoms with van der Waals surface area (Å²) in [7, 11) is 1.64. The number of rotatable bonds is 4. The predicted molar refractivity (Wildman–Crippen MR) is 82.0 cm³/mol. The summed E-state index contributed by atoms with van der Waals surface area (Å²) in [4.78, 5) is 12.1. The number of nitrogens with zero attached hydrogens (tertiary/aromatic N) is 2. The predicted octanol–water partition coefficient (Wildman–Crippen LogP) is 3.53. The standard InChI is InChI=1S/C12H9ClF2IN3O2/c1-19-10(8(16)5-17-19)11(20)18-6-2-3-9(7(13)4-6)21-12(14)15/h2-5,12H,1H3,(H,18,20). The van der Waals surface area contributed by atoms with Crippen molar-refractivity contribution in [1.29, 1.82) is 0 Å². The largest absolute Gasteiger partial charge is 0.433 e. The number of hydrogen-bond donors (Lipinski definition) is 1. The number of anilines is 1. The van der Waals surface area contributed by atoms with Crippen LogP contribution in [-0.4, -0.2) is 22.3 Å². The van der Waals surface area contributed by atoms with Crippen LogP contribution in [0.1, 0.15) is 10.5 Å². The molecule has 21 heavy (non-hydrogen) atoms. The maximum absolute atomic E-state index is 12.1. The fourth-order valence-corrected chi connectivity index (χ4v) is 2.57. The molecule has 0 spiro atoms. The lowest BCUT2D eigenvalue weighted by molar-refractivity contribution is -0.0497. The summed E-state index contributed by atoms with van der Waals surface area (Å²) >= 11 is 7.81. The van der Waals surface area contributed by atoms with E-state index in [0.717, 1.165) is 0 Å². The van der Waals surface area contributed by atoms with Gasteiger partial charge in [0.2, 0.25) is 0 Å². The van der Waals surface area contributed by atoms with Crippen LogP contribution in [0.15, 0.2) is 24.4 Å². The van der Waals surface area contributed by atoms with Crippen molar-refractivity contribution < 1.29 is 18.3 Å². The summed E-state index contributed by atoms with van der Waals surface area (Å²) in [6.07, 6.45) is 1.56. The molecule has 112 valence electrons. The highest BCUT2D eigenvalue weighted by Gasteiger charge is 2.16. The molecule has 0 aliphatic carbocycles. The van der Waals surface area contributed by atoms with Crippen LogP contribution in [0.3, 0.4) is 0 Å². The molecule has 1 heterocycles. The van der Waals surface area contributed by atoms with Crippen LogP contribution >= 0.6 is 34.2 Å². The first-order valence-corrected chi connectivity index (χ1v) is 7.07. The third-order valence-electron chi connectivity index (χ3n) is 2.51. The molecule has 0 saturated heterocycles. The van der Waals surface area contributed by atoms with E-state index in [2.05, 4.69) is 15.2 Å². The van der Waals surface area contributed by atoms with E-state index in [1.807, 2.05) is 22.6 Å². The Balaban J connectivity index is 2.17. The highest BCUT2D eigenvalue weighted by atomic mass is 127. The van der Waals surface area contributed by atoms with Crippen LogP contribution in [0.25, 0.3) is 0 Å². The van der Waals surface area contributed by atoms with E-state index in [4.69, 9.17) is 11.6 Å². The summed E-state index contributed by atoms with van der Waals surface area (Å²) < 4.78 is 30.6. The third kappa shape index (κ3) is 3.82. The molecule has 0 radical (unpaired) electrons. The van der Waals surface area contributed by atoms with Gasteiger partial charge in [-0.3, -0.25) is 9.48 Å². The monoisotopic (exact) mass is 427 g/mol. The van der Waals surface area contributed by atoms with E-state index >= 15 is 0 Å². The minimum absolute atomic E-state index is 0.0206. The lowest BCUT2D eigenvalue weighted by Gasteiger charge is -2.10. The Labute approximate surface area is 137 Å². The number of hydrogen-bond acceptors (Lipinski definition) is 3. The van der Waals surface area contributed by atoms with Crippen LogP contribution in [-0.2, 0) is 7.05 Å². The van der Waals surface area contributed by atoms with Gasteiger partial charge in [0.25, 0.3) is 5.91 Å². The molecule has 0 fully saturated rings. The van der Waals surface area contributed by atoms with Gasteiger partial charge in [-0.1, -0.05) is 11.6 Å². The second-order valence-electron chi connectivity index (χ2n) is 3.94. The first-order chi connectivity index (χ1) is 9.88. The number of halogens is 4. The molecule has 1 N–H and O–H groups in total. The maximum Gasteiger partial charge on any atom is 0.387 e. The Hall–Kier alpha value is -1.42. The van der Waals surface area contributed by atoms with Crippen molar-refractivity contribution in [3.05, 3.63) is 38.7 Å². The molecule has 2 rings (SSSR count). The molecule has 0 atom stereocenters. The van der Waals surface area contributed by atoms with E-state index in [9.17, 15) is 13.6 Å². The highest BCUT2D eigenvalue weighted by Crippen LogP contribution is 2.29. The highest BCUT2D eigenvalue weighted by molar-refractivity contribution is 14.1. The molecule has 1 aromatic carbocycles. The van der Waals surface area contributed by atoms with Gasteiger partial charge in [0.1, 0.15) is 11.4 Å². The summed E-state index contributed by atoms with van der Waals surface area (Å²) in [5.41, 5.74) is 0.753. The van der Waals surface area contributed by atoms with Crippen LogP contribution in [0, 0.1) is 3.57 Å². The maximum atomic E-state index is 12.1. The van der Waals surface area contributed by atoms with Crippen molar-refractivity contribution in [2.75, 3.05) is 5.32 Å². The van der Waals surface area contributed by atoms with Crippen LogP contribution in [0.5, 0.6) is 5.75 Å². The van der Waals surface area contributed by atoms with E-state index in [1.165, 1.54) is 22.9 Å². The lowest BCUT2D eigenvalue weighted by Crippen LogP contribution is -2.17. The number of carbonyl (C=O) groups is 1. The van der Waals surface area contributed by atoms with E-state index in [-0.39, 0.29) is 16.7 Å². The minimum atomic E-state index is -2.96. The van der Waals surface area contributed by atoms with E-state index in [0.29, 0.717) is 15.0 Å². The molecule has 0 aliphatic heterocycles. The second-order valence-corrected chi connectivity index (χ2v) is 5.51. The quantitative estimate of drug-likeness (QED) is 0.760. The lowest BCUT2D eigenvalue weighted by atomic mass is 10.3. The van der Waals surface area contributed by atoms with Crippen molar-refractivity contribution in [3.63, 3.8) is 0 Å². The molecule has 5 nitrogen and oxygen atoms in total. The average molecular weight is 428 g/mol. The SMILES string of the molecule is Cn1ncc(I)c1C(=O)Nc1ccc(OC(F)F)c(Cl)c1. The van der Waals surface area contributed by atoms with Gasteiger partial charge in [0, 0.05) is 12.7 Å². The van der Waals surface area contributed by atoms with Crippen molar-refractivity contribution in [1.82, 2.24) is 9.78 Å². The molecule has 0 aliphatic rings. The van der Waals surface area contributed by atoms with E-state index in [1.54, 1.807) is 13.2 Å². The topological polar surface area (TPSA) is 56.2 Å². The van der Waals surface area contributed by atoms with Gasteiger partial charge >= 0.3 is 6.61 Å². The van der Waals surface area contributed by atoms with Crippen LogP contribution < -0.4 is 10.1 Å². The number of carbonyl (C=O) groups excluding carboxylic acids is 1. The number of nitrogens with one attached hydrogen (secondary N) is 1. The Bertz CT molecular complexity index is 659. The molecule has 1 aromatic heterocycles. The molecular formula is C12H9ClF2IN3O2. The van der Waals surface area contributed by atoms with Gasteiger partial charge in [0.15, 0.2) is 0 Å². The fraction of sp³-hybridized carbons (Fsp3) is 0.167. The van der Waals surface area contributed by atoms with Crippen LogP contribution in [0.4, 0.5) is 14.5 Å². The molecule has 0 unspecified atom stereocenters. The molecule has 0 bridgehead atoms. The van der Waals surface area contributed by atoms with Gasteiger partial charge in [-0.25, -0.2) is 0 Å². The summed E-state index contributed by atoms with van der Waals surface area (Å²) in [5.74, 6) is -0.530. The number of benzene rings is 1. The van der Waals surface area contributed by atoms with Gasteiger partial charge in [-0.05, 0) is 40.8 Å². The summed E-state index contributed by atoms with van der Waals surface area (Å²) in [5, 5.41) is 6.56. The Kier molecular flexibility index (Phi) is 4.99. The van der Waals surface area contributed by atoms with Crippen molar-refractivity contribution in [3.8, 4) is 5.75 Å². The number of ether oxygens (including phenoxy) is 1. The van der Waals surface area contributed by atoms with E-state index < -0.39 is 6.61 Å². The second kappa shape index (κ2) is 6.56. The fourth-order valence-electron chi connectivity index (χ4n) is 1.63. The van der Waals surface area contributed by atoms with Gasteiger partial charge < -0.3 is 10.1 Å². The van der Waals surface area contributed by atoms with Crippen LogP contribution in [0.2, 0.25) is 5.02 Å².